The summed E-state index contributed by atoms with van der Waals surface area (Å²) in [6.07, 6.45) is 5.84. The zero-order valence-corrected chi connectivity index (χ0v) is 16.9. The summed E-state index contributed by atoms with van der Waals surface area (Å²) in [6.45, 7) is 1.34. The number of hydrogen-bond acceptors (Lipinski definition) is 5. The highest BCUT2D eigenvalue weighted by Gasteiger charge is 2.44. The molecule has 0 aliphatic carbocycles. The highest BCUT2D eigenvalue weighted by molar-refractivity contribution is 5.94. The average Bonchev–Trinajstić information content (AvgIpc) is 3.48. The Bertz CT molecular complexity index is 1130. The Labute approximate surface area is 178 Å². The fraction of sp³-hybridized carbons (Fsp3) is 0.348. The molecular weight excluding hydrogens is 398 g/mol. The molecule has 0 spiro atoms. The van der Waals surface area contributed by atoms with E-state index in [4.69, 9.17) is 8.83 Å². The molecule has 2 aliphatic heterocycles. The van der Waals surface area contributed by atoms with E-state index in [-0.39, 0.29) is 29.2 Å². The molecular formula is C23H23N3O5. The van der Waals surface area contributed by atoms with Gasteiger partial charge in [-0.2, -0.15) is 0 Å². The van der Waals surface area contributed by atoms with Gasteiger partial charge in [-0.15, -0.1) is 0 Å². The second-order valence-electron chi connectivity index (χ2n) is 8.14. The van der Waals surface area contributed by atoms with Crippen molar-refractivity contribution in [1.29, 1.82) is 0 Å². The maximum Gasteiger partial charge on any atom is 0.257 e. The molecule has 5 heterocycles. The highest BCUT2D eigenvalue weighted by Crippen LogP contribution is 2.41. The van der Waals surface area contributed by atoms with Crippen molar-refractivity contribution in [3.05, 3.63) is 82.6 Å². The molecule has 2 amide bonds. The molecule has 8 heteroatoms. The van der Waals surface area contributed by atoms with Crippen LogP contribution in [0.2, 0.25) is 0 Å². The normalized spacial score (nSPS) is 22.1. The van der Waals surface area contributed by atoms with Crippen LogP contribution in [0.25, 0.3) is 0 Å². The minimum absolute atomic E-state index is 0.00988. The topological polar surface area (TPSA) is 97.7 Å². The molecule has 1 saturated heterocycles. The second kappa shape index (κ2) is 7.94. The van der Waals surface area contributed by atoms with Crippen LogP contribution in [0.5, 0.6) is 0 Å². The molecule has 0 radical (unpaired) electrons. The van der Waals surface area contributed by atoms with E-state index in [1.165, 1.54) is 18.6 Å². The van der Waals surface area contributed by atoms with E-state index in [1.807, 2.05) is 18.2 Å². The first-order chi connectivity index (χ1) is 15.1. The number of fused-ring (bicyclic) bond motifs is 4. The number of furan rings is 2. The number of likely N-dealkylation sites (tertiary alicyclic amines) is 1. The molecule has 1 fully saturated rings. The zero-order chi connectivity index (χ0) is 21.4. The number of pyridine rings is 1. The van der Waals surface area contributed by atoms with Crippen LogP contribution in [0.1, 0.15) is 40.2 Å². The Morgan fingerprint density at radius 2 is 2.00 bits per heavy atom. The van der Waals surface area contributed by atoms with Crippen LogP contribution in [0, 0.1) is 5.92 Å². The molecule has 5 rings (SSSR count). The Morgan fingerprint density at radius 3 is 2.77 bits per heavy atom. The summed E-state index contributed by atoms with van der Waals surface area (Å²) in [6, 6.07) is 9.75. The third-order valence-corrected chi connectivity index (χ3v) is 6.22. The van der Waals surface area contributed by atoms with Crippen molar-refractivity contribution in [3.8, 4) is 0 Å². The van der Waals surface area contributed by atoms with E-state index < -0.39 is 6.04 Å². The summed E-state index contributed by atoms with van der Waals surface area (Å²) in [5.74, 6) is 0.326. The van der Waals surface area contributed by atoms with Gasteiger partial charge in [0.2, 0.25) is 5.91 Å². The number of nitrogens with one attached hydrogen (secondary N) is 1. The number of rotatable bonds is 5. The molecule has 0 unspecified atom stereocenters. The first kappa shape index (κ1) is 19.4. The Balaban J connectivity index is 1.41. The standard InChI is InChI=1S/C23H23N3O5/c27-20-5-1-4-19-16-11-17(13-25(12-16)23(29)15-7-10-30-14-15)21(26(19)20)22(28)24-8-6-18-3-2-9-31-18/h1-5,7,9-10,14,16-17,21H,6,8,11-13H2,(H,24,28)/t16-,17+,21+/m0/s1. The number of nitrogens with zero attached hydrogens (tertiary/aromatic N) is 2. The molecule has 0 saturated carbocycles. The maximum atomic E-state index is 13.2. The van der Waals surface area contributed by atoms with E-state index in [1.54, 1.807) is 27.9 Å². The van der Waals surface area contributed by atoms with E-state index in [0.29, 0.717) is 31.6 Å². The van der Waals surface area contributed by atoms with Gasteiger partial charge in [0, 0.05) is 49.7 Å². The van der Waals surface area contributed by atoms with Crippen LogP contribution in [0.15, 0.2) is 68.8 Å². The fourth-order valence-electron chi connectivity index (χ4n) is 4.87. The lowest BCUT2D eigenvalue weighted by atomic mass is 9.78. The zero-order valence-electron chi connectivity index (χ0n) is 16.9. The molecule has 8 nitrogen and oxygen atoms in total. The lowest BCUT2D eigenvalue weighted by Gasteiger charge is -2.46. The van der Waals surface area contributed by atoms with Crippen molar-refractivity contribution >= 4 is 11.8 Å². The van der Waals surface area contributed by atoms with Gasteiger partial charge in [0.25, 0.3) is 11.5 Å². The van der Waals surface area contributed by atoms with Crippen molar-refractivity contribution < 1.29 is 18.4 Å². The third-order valence-electron chi connectivity index (χ3n) is 6.22. The van der Waals surface area contributed by atoms with Crippen molar-refractivity contribution in [2.75, 3.05) is 19.6 Å². The summed E-state index contributed by atoms with van der Waals surface area (Å²) in [4.78, 5) is 40.7. The molecule has 31 heavy (non-hydrogen) atoms. The van der Waals surface area contributed by atoms with Gasteiger partial charge < -0.3 is 19.1 Å². The van der Waals surface area contributed by atoms with Gasteiger partial charge in [0.1, 0.15) is 18.1 Å². The van der Waals surface area contributed by atoms with Crippen LogP contribution in [0.3, 0.4) is 0 Å². The molecule has 2 bridgehead atoms. The Hall–Kier alpha value is -3.55. The first-order valence-electron chi connectivity index (χ1n) is 10.4. The summed E-state index contributed by atoms with van der Waals surface area (Å²) in [7, 11) is 0. The maximum absolute atomic E-state index is 13.2. The monoisotopic (exact) mass is 421 g/mol. The van der Waals surface area contributed by atoms with Crippen LogP contribution in [-0.4, -0.2) is 40.9 Å². The second-order valence-corrected chi connectivity index (χ2v) is 8.14. The summed E-state index contributed by atoms with van der Waals surface area (Å²) in [5, 5.41) is 2.96. The summed E-state index contributed by atoms with van der Waals surface area (Å²) >= 11 is 0. The lowest BCUT2D eigenvalue weighted by molar-refractivity contribution is -0.127. The van der Waals surface area contributed by atoms with Crippen LogP contribution in [-0.2, 0) is 11.2 Å². The van der Waals surface area contributed by atoms with Crippen LogP contribution < -0.4 is 10.9 Å². The van der Waals surface area contributed by atoms with Gasteiger partial charge in [-0.1, -0.05) is 6.07 Å². The van der Waals surface area contributed by atoms with Gasteiger partial charge >= 0.3 is 0 Å². The van der Waals surface area contributed by atoms with Crippen molar-refractivity contribution in [3.63, 3.8) is 0 Å². The molecule has 0 aromatic carbocycles. The van der Waals surface area contributed by atoms with E-state index in [0.717, 1.165) is 17.9 Å². The predicted octanol–water partition coefficient (Wildman–Crippen LogP) is 2.19. The summed E-state index contributed by atoms with van der Waals surface area (Å²) < 4.78 is 12.0. The van der Waals surface area contributed by atoms with E-state index in [2.05, 4.69) is 5.32 Å². The van der Waals surface area contributed by atoms with Crippen LogP contribution in [0.4, 0.5) is 0 Å². The van der Waals surface area contributed by atoms with Gasteiger partial charge in [0.15, 0.2) is 0 Å². The molecule has 160 valence electrons. The SMILES string of the molecule is O=C(NCCc1ccco1)[C@H]1[C@@H]2C[C@@H](CN(C(=O)c3ccoc3)C2)c2cccc(=O)n21. The number of piperidine rings is 1. The van der Waals surface area contributed by atoms with Gasteiger partial charge in [-0.3, -0.25) is 19.0 Å². The highest BCUT2D eigenvalue weighted by atomic mass is 16.3. The smallest absolute Gasteiger partial charge is 0.257 e. The van der Waals surface area contributed by atoms with Crippen molar-refractivity contribution in [1.82, 2.24) is 14.8 Å². The molecule has 3 aromatic rings. The first-order valence-corrected chi connectivity index (χ1v) is 10.4. The quantitative estimate of drug-likeness (QED) is 0.681. The average molecular weight is 421 g/mol. The largest absolute Gasteiger partial charge is 0.472 e. The number of carbonyl (C=O) groups is 2. The van der Waals surface area contributed by atoms with Crippen LogP contribution >= 0.6 is 0 Å². The Morgan fingerprint density at radius 1 is 1.10 bits per heavy atom. The molecule has 3 aromatic heterocycles. The van der Waals surface area contributed by atoms with Gasteiger partial charge in [0.05, 0.1) is 18.1 Å². The van der Waals surface area contributed by atoms with Gasteiger partial charge in [-0.25, -0.2) is 0 Å². The summed E-state index contributed by atoms with van der Waals surface area (Å²) in [5.41, 5.74) is 1.11. The molecule has 1 N–H and O–H groups in total. The van der Waals surface area contributed by atoms with E-state index >= 15 is 0 Å². The number of amides is 2. The number of aromatic nitrogens is 1. The van der Waals surface area contributed by atoms with Crippen molar-refractivity contribution in [2.45, 2.75) is 24.8 Å². The third kappa shape index (κ3) is 3.58. The lowest BCUT2D eigenvalue weighted by Crippen LogP contribution is -2.54. The fourth-order valence-corrected chi connectivity index (χ4v) is 4.87. The van der Waals surface area contributed by atoms with E-state index in [9.17, 15) is 14.4 Å². The molecule has 3 atom stereocenters. The minimum atomic E-state index is -0.656. The minimum Gasteiger partial charge on any atom is -0.472 e. The molecule has 2 aliphatic rings. The number of carbonyl (C=O) groups excluding carboxylic acids is 2. The van der Waals surface area contributed by atoms with Crippen molar-refractivity contribution in [2.24, 2.45) is 5.92 Å². The Kier molecular flexibility index (Phi) is 4.97. The number of hydrogen-bond donors (Lipinski definition) is 1. The van der Waals surface area contributed by atoms with Gasteiger partial charge in [-0.05, 0) is 30.7 Å². The predicted molar refractivity (Wildman–Crippen MR) is 111 cm³/mol.